The first-order valence-electron chi connectivity index (χ1n) is 7.95. The Balaban J connectivity index is 5.19. The van der Waals surface area contributed by atoms with Gasteiger partial charge in [0.25, 0.3) is 0 Å². The fraction of sp³-hybridized carbons (Fsp3) is 0.643. The highest BCUT2D eigenvalue weighted by molar-refractivity contribution is 7.80. The first-order valence-corrected chi connectivity index (χ1v) is 9.22. The molecule has 0 aliphatic rings. The van der Waals surface area contributed by atoms with E-state index in [0.29, 0.717) is 0 Å². The van der Waals surface area contributed by atoms with Gasteiger partial charge in [0.05, 0.1) is 12.5 Å². The van der Waals surface area contributed by atoms with Crippen molar-refractivity contribution in [3.63, 3.8) is 0 Å². The molecule has 0 bridgehead atoms. The number of carbonyl (C=O) groups is 5. The van der Waals surface area contributed by atoms with E-state index in [2.05, 4.69) is 41.2 Å². The highest BCUT2D eigenvalue weighted by Crippen LogP contribution is 2.00. The topological polar surface area (TPSA) is 208 Å². The van der Waals surface area contributed by atoms with Crippen molar-refractivity contribution in [1.82, 2.24) is 16.0 Å². The summed E-state index contributed by atoms with van der Waals surface area (Å²) < 4.78 is 0. The van der Waals surface area contributed by atoms with Crippen molar-refractivity contribution in [2.75, 3.05) is 11.5 Å². The Labute approximate surface area is 171 Å². The van der Waals surface area contributed by atoms with Crippen LogP contribution < -0.4 is 21.7 Å². The summed E-state index contributed by atoms with van der Waals surface area (Å²) in [6.45, 7) is 1.23. The summed E-state index contributed by atoms with van der Waals surface area (Å²) in [4.78, 5) is 58.3. The molecular weight excluding hydrogens is 416 g/mol. The lowest BCUT2D eigenvalue weighted by Crippen LogP contribution is -2.59. The van der Waals surface area contributed by atoms with E-state index in [1.54, 1.807) is 0 Å². The first-order chi connectivity index (χ1) is 12.9. The van der Waals surface area contributed by atoms with Gasteiger partial charge in [-0.1, -0.05) is 0 Å². The van der Waals surface area contributed by atoms with Crippen molar-refractivity contribution < 1.29 is 39.3 Å². The molecule has 0 fully saturated rings. The van der Waals surface area contributed by atoms with E-state index in [1.807, 2.05) is 0 Å². The van der Waals surface area contributed by atoms with Gasteiger partial charge in [-0.15, -0.1) is 0 Å². The van der Waals surface area contributed by atoms with Crippen LogP contribution in [-0.2, 0) is 24.0 Å². The number of aliphatic carboxylic acids is 2. The van der Waals surface area contributed by atoms with Crippen LogP contribution in [0.4, 0.5) is 0 Å². The Kier molecular flexibility index (Phi) is 11.5. The Hall–Kier alpha value is -2.03. The molecular formula is C14H24N4O8S2. The summed E-state index contributed by atoms with van der Waals surface area (Å²) in [5.74, 6) is -6.08. The van der Waals surface area contributed by atoms with Crippen molar-refractivity contribution in [3.05, 3.63) is 0 Å². The lowest BCUT2D eigenvalue weighted by Gasteiger charge is -2.24. The van der Waals surface area contributed by atoms with Gasteiger partial charge in [-0.25, -0.2) is 4.79 Å². The minimum absolute atomic E-state index is 0.205. The van der Waals surface area contributed by atoms with Crippen LogP contribution in [0.1, 0.15) is 13.3 Å². The van der Waals surface area contributed by atoms with E-state index in [4.69, 9.17) is 15.9 Å². The van der Waals surface area contributed by atoms with Gasteiger partial charge in [0.15, 0.2) is 0 Å². The number of hydrogen-bond acceptors (Lipinski definition) is 9. The maximum absolute atomic E-state index is 12.3. The Morgan fingerprint density at radius 1 is 0.857 bits per heavy atom. The molecule has 0 spiro atoms. The quantitative estimate of drug-likeness (QED) is 0.138. The second-order valence-corrected chi connectivity index (χ2v) is 6.48. The van der Waals surface area contributed by atoms with Crippen molar-refractivity contribution >= 4 is 54.9 Å². The monoisotopic (exact) mass is 440 g/mol. The summed E-state index contributed by atoms with van der Waals surface area (Å²) in [5, 5.41) is 33.6. The highest BCUT2D eigenvalue weighted by Gasteiger charge is 2.31. The first kappa shape index (κ1) is 26.0. The number of carbonyl (C=O) groups excluding carboxylic acids is 3. The summed E-state index contributed by atoms with van der Waals surface area (Å²) in [7, 11) is 0. The summed E-state index contributed by atoms with van der Waals surface area (Å²) in [6, 6.07) is -5.62. The van der Waals surface area contributed by atoms with Crippen molar-refractivity contribution in [2.45, 2.75) is 43.6 Å². The number of carboxylic acid groups (broad SMARTS) is 2. The zero-order chi connectivity index (χ0) is 22.0. The Bertz CT molecular complexity index is 604. The second kappa shape index (κ2) is 12.4. The van der Waals surface area contributed by atoms with E-state index in [0.717, 1.165) is 0 Å². The van der Waals surface area contributed by atoms with E-state index < -0.39 is 66.4 Å². The Morgan fingerprint density at radius 2 is 1.29 bits per heavy atom. The predicted molar refractivity (Wildman–Crippen MR) is 103 cm³/mol. The number of aliphatic hydroxyl groups is 1. The molecule has 0 aromatic carbocycles. The molecule has 0 radical (unpaired) electrons. The van der Waals surface area contributed by atoms with Gasteiger partial charge in [-0.3, -0.25) is 19.2 Å². The zero-order valence-corrected chi connectivity index (χ0v) is 16.7. The van der Waals surface area contributed by atoms with Crippen molar-refractivity contribution in [1.29, 1.82) is 0 Å². The number of nitrogens with two attached hydrogens (primary N) is 1. The van der Waals surface area contributed by atoms with Gasteiger partial charge in [0, 0.05) is 11.5 Å². The third kappa shape index (κ3) is 8.77. The fourth-order valence-corrected chi connectivity index (χ4v) is 2.30. The minimum Gasteiger partial charge on any atom is -0.481 e. The molecule has 0 aliphatic heterocycles. The van der Waals surface area contributed by atoms with Gasteiger partial charge < -0.3 is 37.0 Å². The average molecular weight is 441 g/mol. The third-order valence-corrected chi connectivity index (χ3v) is 4.18. The molecule has 5 atom stereocenters. The molecule has 0 saturated heterocycles. The molecule has 5 unspecified atom stereocenters. The summed E-state index contributed by atoms with van der Waals surface area (Å²) in [6.07, 6.45) is -2.07. The molecule has 3 amide bonds. The number of nitrogens with one attached hydrogen (secondary N) is 3. The molecule has 12 nitrogen and oxygen atoms in total. The van der Waals surface area contributed by atoms with Crippen LogP contribution in [0, 0.1) is 0 Å². The van der Waals surface area contributed by atoms with Crippen LogP contribution in [0.2, 0.25) is 0 Å². The molecule has 0 rings (SSSR count). The number of rotatable bonds is 12. The van der Waals surface area contributed by atoms with Crippen LogP contribution >= 0.6 is 25.3 Å². The maximum Gasteiger partial charge on any atom is 0.327 e. The smallest absolute Gasteiger partial charge is 0.327 e. The maximum atomic E-state index is 12.3. The lowest BCUT2D eigenvalue weighted by molar-refractivity contribution is -0.142. The highest BCUT2D eigenvalue weighted by atomic mass is 32.1. The molecule has 8 N–H and O–H groups in total. The number of thiol groups is 2. The van der Waals surface area contributed by atoms with E-state index in [-0.39, 0.29) is 11.5 Å². The van der Waals surface area contributed by atoms with Gasteiger partial charge in [0.1, 0.15) is 24.2 Å². The zero-order valence-electron chi connectivity index (χ0n) is 14.9. The SMILES string of the molecule is CC(O)C(N)C(=O)NC(CC(=O)O)C(=O)NC(CS)C(=O)NC(CS)C(=O)O. The summed E-state index contributed by atoms with van der Waals surface area (Å²) >= 11 is 7.70. The molecule has 0 aromatic rings. The van der Waals surface area contributed by atoms with Crippen LogP contribution in [0.15, 0.2) is 0 Å². The van der Waals surface area contributed by atoms with Crippen LogP contribution in [0.5, 0.6) is 0 Å². The standard InChI is InChI=1S/C14H24N4O8S2/c1-5(19)10(15)13(24)16-6(2-9(20)21)11(22)17-7(3-27)12(23)18-8(4-28)14(25)26/h5-8,10,19,27-28H,2-4,15H2,1H3,(H,16,24)(H,17,22)(H,18,23)(H,20,21)(H,25,26). The second-order valence-electron chi connectivity index (χ2n) is 5.75. The van der Waals surface area contributed by atoms with Gasteiger partial charge in [0.2, 0.25) is 17.7 Å². The average Bonchev–Trinajstić information content (AvgIpc) is 2.61. The molecule has 0 saturated carbocycles. The number of amides is 3. The number of carboxylic acids is 2. The minimum atomic E-state index is -1.59. The summed E-state index contributed by atoms with van der Waals surface area (Å²) in [5.41, 5.74) is 5.43. The largest absolute Gasteiger partial charge is 0.481 e. The number of hydrogen-bond donors (Lipinski definition) is 9. The van der Waals surface area contributed by atoms with E-state index in [1.165, 1.54) is 6.92 Å². The van der Waals surface area contributed by atoms with Gasteiger partial charge in [-0.2, -0.15) is 25.3 Å². The van der Waals surface area contributed by atoms with Crippen LogP contribution in [0.25, 0.3) is 0 Å². The van der Waals surface area contributed by atoms with Crippen LogP contribution in [-0.4, -0.2) is 86.8 Å². The third-order valence-electron chi connectivity index (χ3n) is 3.45. The predicted octanol–water partition coefficient (Wildman–Crippen LogP) is -3.43. The fourth-order valence-electron chi connectivity index (χ4n) is 1.80. The van der Waals surface area contributed by atoms with Crippen LogP contribution in [0.3, 0.4) is 0 Å². The Morgan fingerprint density at radius 3 is 1.68 bits per heavy atom. The van der Waals surface area contributed by atoms with Gasteiger partial charge >= 0.3 is 11.9 Å². The van der Waals surface area contributed by atoms with E-state index in [9.17, 15) is 29.1 Å². The van der Waals surface area contributed by atoms with Gasteiger partial charge in [-0.05, 0) is 6.92 Å². The molecule has 0 aliphatic carbocycles. The molecule has 28 heavy (non-hydrogen) atoms. The van der Waals surface area contributed by atoms with Crippen molar-refractivity contribution in [2.24, 2.45) is 5.73 Å². The number of aliphatic hydroxyl groups excluding tert-OH is 1. The molecule has 14 heteroatoms. The molecule has 160 valence electrons. The van der Waals surface area contributed by atoms with Crippen molar-refractivity contribution in [3.8, 4) is 0 Å². The van der Waals surface area contributed by atoms with E-state index >= 15 is 0 Å². The molecule has 0 heterocycles. The lowest BCUT2D eigenvalue weighted by atomic mass is 10.1. The molecule has 0 aromatic heterocycles. The normalized spacial score (nSPS) is 16.0.